The van der Waals surface area contributed by atoms with E-state index >= 15 is 0 Å². The van der Waals surface area contributed by atoms with Crippen LogP contribution in [0.4, 0.5) is 4.39 Å². The molecular weight excluding hydrogens is 277 g/mol. The number of aryl methyl sites for hydroxylation is 1. The molecule has 0 bridgehead atoms. The van der Waals surface area contributed by atoms with Gasteiger partial charge in [0.15, 0.2) is 0 Å². The highest BCUT2D eigenvalue weighted by atomic mass is 35.5. The summed E-state index contributed by atoms with van der Waals surface area (Å²) in [5.41, 5.74) is 8.28. The first-order valence-corrected chi connectivity index (χ1v) is 6.83. The Labute approximate surface area is 123 Å². The van der Waals surface area contributed by atoms with E-state index in [-0.39, 0.29) is 5.82 Å². The van der Waals surface area contributed by atoms with E-state index in [0.29, 0.717) is 30.3 Å². The Kier molecular flexibility index (Phi) is 4.99. The molecule has 0 fully saturated rings. The lowest BCUT2D eigenvalue weighted by atomic mass is 10.1. The molecule has 0 aliphatic rings. The van der Waals surface area contributed by atoms with E-state index in [1.54, 1.807) is 6.07 Å². The van der Waals surface area contributed by atoms with Gasteiger partial charge in [-0.1, -0.05) is 23.7 Å². The van der Waals surface area contributed by atoms with Gasteiger partial charge >= 0.3 is 0 Å². The van der Waals surface area contributed by atoms with E-state index < -0.39 is 0 Å². The van der Waals surface area contributed by atoms with Crippen molar-refractivity contribution in [2.24, 2.45) is 5.73 Å². The van der Waals surface area contributed by atoms with Gasteiger partial charge in [0, 0.05) is 16.7 Å². The quantitative estimate of drug-likeness (QED) is 0.908. The molecule has 0 heterocycles. The molecule has 0 saturated heterocycles. The second kappa shape index (κ2) is 6.73. The molecule has 0 aromatic heterocycles. The lowest BCUT2D eigenvalue weighted by Gasteiger charge is -2.10. The predicted octanol–water partition coefficient (Wildman–Crippen LogP) is 3.87. The van der Waals surface area contributed by atoms with Crippen LogP contribution in [-0.2, 0) is 13.0 Å². The minimum absolute atomic E-state index is 0.310. The van der Waals surface area contributed by atoms with Gasteiger partial charge in [0.2, 0.25) is 0 Å². The number of ether oxygens (including phenoxy) is 1. The molecule has 0 amide bonds. The third kappa shape index (κ3) is 3.95. The summed E-state index contributed by atoms with van der Waals surface area (Å²) in [6, 6.07) is 10.4. The number of benzene rings is 2. The van der Waals surface area contributed by atoms with Gasteiger partial charge in [-0.05, 0) is 49.2 Å². The Morgan fingerprint density at radius 1 is 1.20 bits per heavy atom. The van der Waals surface area contributed by atoms with Crippen LogP contribution < -0.4 is 10.5 Å². The fraction of sp³-hybridized carbons (Fsp3) is 0.250. The van der Waals surface area contributed by atoms with Gasteiger partial charge < -0.3 is 10.5 Å². The van der Waals surface area contributed by atoms with Crippen LogP contribution in [0.1, 0.15) is 16.7 Å². The number of hydrogen-bond acceptors (Lipinski definition) is 2. The second-order valence-corrected chi connectivity index (χ2v) is 5.12. The summed E-state index contributed by atoms with van der Waals surface area (Å²) < 4.78 is 19.1. The van der Waals surface area contributed by atoms with Crippen molar-refractivity contribution in [3.63, 3.8) is 0 Å². The first-order valence-electron chi connectivity index (χ1n) is 6.46. The largest absolute Gasteiger partial charge is 0.489 e. The van der Waals surface area contributed by atoms with Crippen molar-refractivity contribution in [2.45, 2.75) is 20.0 Å². The van der Waals surface area contributed by atoms with Crippen molar-refractivity contribution < 1.29 is 9.13 Å². The van der Waals surface area contributed by atoms with Crippen LogP contribution in [0.2, 0.25) is 5.02 Å². The molecule has 2 aromatic carbocycles. The Balaban J connectivity index is 2.10. The topological polar surface area (TPSA) is 35.2 Å². The monoisotopic (exact) mass is 293 g/mol. The molecule has 20 heavy (non-hydrogen) atoms. The highest BCUT2D eigenvalue weighted by molar-refractivity contribution is 6.31. The Bertz CT molecular complexity index is 601. The molecule has 4 heteroatoms. The fourth-order valence-corrected chi connectivity index (χ4v) is 2.24. The molecule has 0 saturated carbocycles. The minimum atomic E-state index is -0.319. The molecule has 2 rings (SSSR count). The predicted molar refractivity (Wildman–Crippen MR) is 79.7 cm³/mol. The normalized spacial score (nSPS) is 10.6. The van der Waals surface area contributed by atoms with Crippen LogP contribution in [0.15, 0.2) is 36.4 Å². The summed E-state index contributed by atoms with van der Waals surface area (Å²) in [7, 11) is 0. The third-order valence-electron chi connectivity index (χ3n) is 2.97. The number of hydrogen-bond donors (Lipinski definition) is 1. The van der Waals surface area contributed by atoms with Crippen molar-refractivity contribution in [2.75, 3.05) is 6.54 Å². The molecule has 0 aliphatic carbocycles. The van der Waals surface area contributed by atoms with Crippen LogP contribution in [0.5, 0.6) is 5.75 Å². The Morgan fingerprint density at radius 2 is 2.00 bits per heavy atom. The van der Waals surface area contributed by atoms with Crippen molar-refractivity contribution in [3.8, 4) is 5.75 Å². The summed E-state index contributed by atoms with van der Waals surface area (Å²) in [4.78, 5) is 0. The molecule has 2 aromatic rings. The van der Waals surface area contributed by atoms with Gasteiger partial charge in [-0.3, -0.25) is 0 Å². The number of nitrogens with two attached hydrogens (primary N) is 1. The Hall–Kier alpha value is -1.58. The average Bonchev–Trinajstić information content (AvgIpc) is 2.37. The van der Waals surface area contributed by atoms with Gasteiger partial charge in [0.1, 0.15) is 18.2 Å². The maximum Gasteiger partial charge on any atom is 0.127 e. The summed E-state index contributed by atoms with van der Waals surface area (Å²) >= 11 is 6.14. The summed E-state index contributed by atoms with van der Waals surface area (Å²) in [5, 5.41) is 0.656. The zero-order valence-electron chi connectivity index (χ0n) is 11.3. The number of halogens is 2. The van der Waals surface area contributed by atoms with E-state index in [2.05, 4.69) is 0 Å². The van der Waals surface area contributed by atoms with Crippen LogP contribution in [-0.4, -0.2) is 6.54 Å². The lowest BCUT2D eigenvalue weighted by Crippen LogP contribution is -2.04. The summed E-state index contributed by atoms with van der Waals surface area (Å²) in [5.74, 6) is 0.172. The average molecular weight is 294 g/mol. The lowest BCUT2D eigenvalue weighted by molar-refractivity contribution is 0.304. The molecule has 0 spiro atoms. The summed E-state index contributed by atoms with van der Waals surface area (Å²) in [6.07, 6.45) is 0.624. The van der Waals surface area contributed by atoms with Crippen LogP contribution >= 0.6 is 11.6 Å². The van der Waals surface area contributed by atoms with E-state index in [9.17, 15) is 4.39 Å². The zero-order valence-corrected chi connectivity index (χ0v) is 12.1. The van der Waals surface area contributed by atoms with Gasteiger partial charge in [-0.2, -0.15) is 0 Å². The maximum atomic E-state index is 13.5. The molecular formula is C16H17ClFNO. The standard InChI is InChI=1S/C16H17ClFNO/c1-11-2-3-13(16(17)6-11)10-20-15-8-12(4-5-19)7-14(18)9-15/h2-3,6-9H,4-5,10,19H2,1H3. The first-order chi connectivity index (χ1) is 9.58. The highest BCUT2D eigenvalue weighted by Crippen LogP contribution is 2.22. The van der Waals surface area contributed by atoms with Gasteiger partial charge in [-0.25, -0.2) is 4.39 Å². The third-order valence-corrected chi connectivity index (χ3v) is 3.32. The van der Waals surface area contributed by atoms with Gasteiger partial charge in [0.05, 0.1) is 0 Å². The molecule has 0 unspecified atom stereocenters. The van der Waals surface area contributed by atoms with Gasteiger partial charge in [0.25, 0.3) is 0 Å². The second-order valence-electron chi connectivity index (χ2n) is 4.72. The SMILES string of the molecule is Cc1ccc(COc2cc(F)cc(CCN)c2)c(Cl)c1. The molecule has 106 valence electrons. The fourth-order valence-electron chi connectivity index (χ4n) is 1.95. The van der Waals surface area contributed by atoms with Gasteiger partial charge in [-0.15, -0.1) is 0 Å². The molecule has 2 N–H and O–H groups in total. The van der Waals surface area contributed by atoms with E-state index in [0.717, 1.165) is 16.7 Å². The molecule has 0 radical (unpaired) electrons. The number of rotatable bonds is 5. The molecule has 0 atom stereocenters. The molecule has 0 aliphatic heterocycles. The molecule has 2 nitrogen and oxygen atoms in total. The highest BCUT2D eigenvalue weighted by Gasteiger charge is 2.05. The van der Waals surface area contributed by atoms with Crippen LogP contribution in [0.25, 0.3) is 0 Å². The van der Waals surface area contributed by atoms with E-state index in [4.69, 9.17) is 22.1 Å². The zero-order chi connectivity index (χ0) is 14.5. The van der Waals surface area contributed by atoms with Crippen molar-refractivity contribution in [1.29, 1.82) is 0 Å². The summed E-state index contributed by atoms with van der Waals surface area (Å²) in [6.45, 7) is 2.76. The van der Waals surface area contributed by atoms with Crippen LogP contribution in [0, 0.1) is 12.7 Å². The van der Waals surface area contributed by atoms with Crippen molar-refractivity contribution >= 4 is 11.6 Å². The van der Waals surface area contributed by atoms with Crippen molar-refractivity contribution in [3.05, 3.63) is 63.9 Å². The van der Waals surface area contributed by atoms with E-state index in [1.165, 1.54) is 12.1 Å². The van der Waals surface area contributed by atoms with Crippen LogP contribution in [0.3, 0.4) is 0 Å². The van der Waals surface area contributed by atoms with Crippen molar-refractivity contribution in [1.82, 2.24) is 0 Å². The first kappa shape index (κ1) is 14.8. The minimum Gasteiger partial charge on any atom is -0.489 e. The maximum absolute atomic E-state index is 13.5. The Morgan fingerprint density at radius 3 is 2.70 bits per heavy atom. The smallest absolute Gasteiger partial charge is 0.127 e. The van der Waals surface area contributed by atoms with E-state index in [1.807, 2.05) is 25.1 Å².